The minimum atomic E-state index is 0. The van der Waals surface area contributed by atoms with Gasteiger partial charge in [0.25, 0.3) is 5.91 Å². The molecular weight excluding hydrogens is 388 g/mol. The van der Waals surface area contributed by atoms with Crippen LogP contribution in [0.15, 0.2) is 60.8 Å². The smallest absolute Gasteiger partial charge is 0.272 e. The Morgan fingerprint density at radius 3 is 2.65 bits per heavy atom. The Morgan fingerprint density at radius 1 is 1.13 bits per heavy atom. The third-order valence-corrected chi connectivity index (χ3v) is 6.80. The minimum absolute atomic E-state index is 0. The maximum Gasteiger partial charge on any atom is 0.272 e. The summed E-state index contributed by atoms with van der Waals surface area (Å²) in [5.74, 6) is 0.741. The molecule has 1 aliphatic carbocycles. The van der Waals surface area contributed by atoms with E-state index in [0.29, 0.717) is 18.8 Å². The van der Waals surface area contributed by atoms with Gasteiger partial charge < -0.3 is 15.4 Å². The van der Waals surface area contributed by atoms with E-state index < -0.39 is 0 Å². The molecule has 1 amide bonds. The molecule has 2 heterocycles. The minimum Gasteiger partial charge on any atom is -0.497 e. The molecule has 2 aliphatic rings. The van der Waals surface area contributed by atoms with Crippen LogP contribution in [-0.2, 0) is 6.42 Å². The normalized spacial score (nSPS) is 19.0. The van der Waals surface area contributed by atoms with Crippen molar-refractivity contribution < 1.29 is 9.53 Å². The number of hydrogen-bond donors (Lipinski definition) is 1. The van der Waals surface area contributed by atoms with Crippen molar-refractivity contribution >= 4 is 5.91 Å². The standard InChI is InChI=1S/C24H26N4O2.CH4/c1-30-19-7-4-6-18(15-19)28-21(9-12-26-28)23(29)27-13-10-24(11-14-27)16-17-5-2-3-8-20(17)22(24)25;/h2-9,12,15,22H,10-11,13-14,16,25H2,1H3;1H4/t22-;/m1./s1. The van der Waals surface area contributed by atoms with Crippen LogP contribution in [0.1, 0.15) is 47.9 Å². The van der Waals surface area contributed by atoms with Crippen LogP contribution in [0, 0.1) is 5.41 Å². The van der Waals surface area contributed by atoms with E-state index >= 15 is 0 Å². The lowest BCUT2D eigenvalue weighted by Gasteiger charge is -2.42. The summed E-state index contributed by atoms with van der Waals surface area (Å²) in [6, 6.07) is 17.9. The number of aromatic nitrogens is 2. The summed E-state index contributed by atoms with van der Waals surface area (Å²) in [5.41, 5.74) is 10.7. The number of likely N-dealkylation sites (tertiary alicyclic amines) is 1. The Bertz CT molecular complexity index is 1080. The van der Waals surface area contributed by atoms with E-state index in [1.807, 2.05) is 29.2 Å². The summed E-state index contributed by atoms with van der Waals surface area (Å²) < 4.78 is 7.00. The molecule has 0 radical (unpaired) electrons. The Kier molecular flexibility index (Phi) is 5.58. The van der Waals surface area contributed by atoms with Gasteiger partial charge in [0.05, 0.1) is 19.0 Å². The number of amides is 1. The molecule has 0 unspecified atom stereocenters. The highest BCUT2D eigenvalue weighted by molar-refractivity contribution is 5.93. The molecule has 1 saturated heterocycles. The highest BCUT2D eigenvalue weighted by Crippen LogP contribution is 2.50. The van der Waals surface area contributed by atoms with Crippen molar-refractivity contribution in [2.75, 3.05) is 20.2 Å². The second-order valence-electron chi connectivity index (χ2n) is 8.34. The number of carbonyl (C=O) groups excluding carboxylic acids is 1. The van der Waals surface area contributed by atoms with E-state index in [1.54, 1.807) is 24.1 Å². The van der Waals surface area contributed by atoms with Gasteiger partial charge in [0.1, 0.15) is 11.4 Å². The third-order valence-electron chi connectivity index (χ3n) is 6.80. The van der Waals surface area contributed by atoms with Crippen LogP contribution in [0.2, 0.25) is 0 Å². The molecule has 6 nitrogen and oxygen atoms in total. The number of rotatable bonds is 3. The fourth-order valence-corrected chi connectivity index (χ4v) is 5.04. The Morgan fingerprint density at radius 2 is 1.90 bits per heavy atom. The van der Waals surface area contributed by atoms with E-state index in [2.05, 4.69) is 29.4 Å². The van der Waals surface area contributed by atoms with Gasteiger partial charge in [-0.3, -0.25) is 4.79 Å². The first-order valence-electron chi connectivity index (χ1n) is 10.4. The fourth-order valence-electron chi connectivity index (χ4n) is 5.04. The number of carbonyl (C=O) groups is 1. The Hall–Kier alpha value is -3.12. The van der Waals surface area contributed by atoms with Gasteiger partial charge >= 0.3 is 0 Å². The maximum absolute atomic E-state index is 13.3. The summed E-state index contributed by atoms with van der Waals surface area (Å²) in [5, 5.41) is 4.38. The molecule has 5 rings (SSSR count). The van der Waals surface area contributed by atoms with Gasteiger partial charge in [0.2, 0.25) is 0 Å². The number of ether oxygens (including phenoxy) is 1. The van der Waals surface area contributed by atoms with Crippen LogP contribution in [0.3, 0.4) is 0 Å². The van der Waals surface area contributed by atoms with E-state index in [0.717, 1.165) is 30.7 Å². The number of fused-ring (bicyclic) bond motifs is 1. The van der Waals surface area contributed by atoms with Crippen LogP contribution in [0.5, 0.6) is 5.75 Å². The molecule has 0 saturated carbocycles. The van der Waals surface area contributed by atoms with Crippen LogP contribution >= 0.6 is 0 Å². The van der Waals surface area contributed by atoms with Gasteiger partial charge in [-0.05, 0) is 54.0 Å². The monoisotopic (exact) mass is 418 g/mol. The van der Waals surface area contributed by atoms with Gasteiger partial charge in [0.15, 0.2) is 0 Å². The van der Waals surface area contributed by atoms with Crippen molar-refractivity contribution in [1.29, 1.82) is 0 Å². The van der Waals surface area contributed by atoms with Crippen molar-refractivity contribution in [3.05, 3.63) is 77.6 Å². The number of piperidine rings is 1. The molecule has 31 heavy (non-hydrogen) atoms. The number of nitrogens with zero attached hydrogens (tertiary/aromatic N) is 3. The average Bonchev–Trinajstić information content (AvgIpc) is 3.38. The van der Waals surface area contributed by atoms with E-state index in [-0.39, 0.29) is 24.8 Å². The first-order valence-corrected chi connectivity index (χ1v) is 10.4. The second kappa shape index (κ2) is 8.19. The first kappa shape index (κ1) is 21.1. The lowest BCUT2D eigenvalue weighted by atomic mass is 9.73. The largest absolute Gasteiger partial charge is 0.497 e. The predicted molar refractivity (Wildman–Crippen MR) is 121 cm³/mol. The van der Waals surface area contributed by atoms with Crippen LogP contribution in [-0.4, -0.2) is 40.8 Å². The summed E-state index contributed by atoms with van der Waals surface area (Å²) >= 11 is 0. The Labute approximate surface area is 183 Å². The second-order valence-corrected chi connectivity index (χ2v) is 8.34. The quantitative estimate of drug-likeness (QED) is 0.698. The van der Waals surface area contributed by atoms with Crippen LogP contribution in [0.25, 0.3) is 5.69 Å². The van der Waals surface area contributed by atoms with E-state index in [1.165, 1.54) is 11.1 Å². The predicted octanol–water partition coefficient (Wildman–Crippen LogP) is 4.00. The van der Waals surface area contributed by atoms with Crippen LogP contribution in [0.4, 0.5) is 0 Å². The lowest BCUT2D eigenvalue weighted by Crippen LogP contribution is -2.46. The number of methoxy groups -OCH3 is 1. The zero-order valence-electron chi connectivity index (χ0n) is 17.1. The van der Waals surface area contributed by atoms with Gasteiger partial charge in [-0.15, -0.1) is 0 Å². The lowest BCUT2D eigenvalue weighted by molar-refractivity contribution is 0.0533. The molecule has 1 spiro atoms. The zero-order chi connectivity index (χ0) is 20.7. The molecule has 1 atom stereocenters. The van der Waals surface area contributed by atoms with Crippen molar-refractivity contribution in [3.63, 3.8) is 0 Å². The molecule has 1 fully saturated rings. The summed E-state index contributed by atoms with van der Waals surface area (Å²) in [6.07, 6.45) is 4.51. The van der Waals surface area contributed by atoms with E-state index in [4.69, 9.17) is 10.5 Å². The van der Waals surface area contributed by atoms with Crippen molar-refractivity contribution in [2.24, 2.45) is 11.1 Å². The van der Waals surface area contributed by atoms with Gasteiger partial charge in [0, 0.05) is 25.2 Å². The fraction of sp³-hybridized carbons (Fsp3) is 0.360. The molecule has 162 valence electrons. The summed E-state index contributed by atoms with van der Waals surface area (Å²) in [7, 11) is 1.63. The third kappa shape index (κ3) is 3.51. The SMILES string of the molecule is C.COc1cccc(-n2nccc2C(=O)N2CCC3(CC2)Cc2ccccc2[C@H]3N)c1. The van der Waals surface area contributed by atoms with E-state index in [9.17, 15) is 4.79 Å². The van der Waals surface area contributed by atoms with Gasteiger partial charge in [-0.2, -0.15) is 5.10 Å². The summed E-state index contributed by atoms with van der Waals surface area (Å²) in [6.45, 7) is 1.42. The van der Waals surface area contributed by atoms with Gasteiger partial charge in [-0.1, -0.05) is 37.8 Å². The number of nitrogens with two attached hydrogens (primary N) is 1. The highest BCUT2D eigenvalue weighted by atomic mass is 16.5. The number of hydrogen-bond acceptors (Lipinski definition) is 4. The zero-order valence-corrected chi connectivity index (χ0v) is 17.1. The molecular formula is C25H30N4O2. The molecule has 0 bridgehead atoms. The number of benzene rings is 2. The molecule has 1 aliphatic heterocycles. The van der Waals surface area contributed by atoms with Crippen molar-refractivity contribution in [1.82, 2.24) is 14.7 Å². The summed E-state index contributed by atoms with van der Waals surface area (Å²) in [4.78, 5) is 15.3. The molecule has 3 aromatic rings. The highest BCUT2D eigenvalue weighted by Gasteiger charge is 2.46. The van der Waals surface area contributed by atoms with Crippen molar-refractivity contribution in [3.8, 4) is 11.4 Å². The van der Waals surface area contributed by atoms with Crippen LogP contribution < -0.4 is 10.5 Å². The molecule has 6 heteroatoms. The Balaban J connectivity index is 0.00000231. The maximum atomic E-state index is 13.3. The van der Waals surface area contributed by atoms with Crippen molar-refractivity contribution in [2.45, 2.75) is 32.7 Å². The molecule has 2 aromatic carbocycles. The topological polar surface area (TPSA) is 73.4 Å². The first-order chi connectivity index (χ1) is 14.6. The van der Waals surface area contributed by atoms with Gasteiger partial charge in [-0.25, -0.2) is 4.68 Å². The average molecular weight is 419 g/mol. The molecule has 2 N–H and O–H groups in total. The molecule has 1 aromatic heterocycles.